The molecule has 2 saturated carbocycles. The fourth-order valence-electron chi connectivity index (χ4n) is 6.51. The highest BCUT2D eigenvalue weighted by atomic mass is 16.2. The average Bonchev–Trinajstić information content (AvgIpc) is 3.66. The second kappa shape index (κ2) is 14.4. The molecule has 44 heavy (non-hydrogen) atoms. The van der Waals surface area contributed by atoms with Crippen LogP contribution in [0.5, 0.6) is 0 Å². The van der Waals surface area contributed by atoms with Crippen LogP contribution < -0.4 is 27.0 Å². The molecule has 0 bridgehead atoms. The number of hydrogen-bond donors (Lipinski definition) is 5. The number of nitrogens with one attached hydrogen (secondary N) is 4. The molecule has 6 amide bonds. The van der Waals surface area contributed by atoms with Crippen LogP contribution in [0.2, 0.25) is 0 Å². The maximum absolute atomic E-state index is 14.2. The lowest BCUT2D eigenvalue weighted by Crippen LogP contribution is -2.65. The molecule has 12 heteroatoms. The number of urea groups is 1. The Balaban J connectivity index is 1.83. The van der Waals surface area contributed by atoms with Gasteiger partial charge in [0.2, 0.25) is 23.5 Å². The Kier molecular flexibility index (Phi) is 11.4. The first-order valence-corrected chi connectivity index (χ1v) is 15.9. The lowest BCUT2D eigenvalue weighted by molar-refractivity contribution is -0.144. The number of rotatable bonds is 12. The second-order valence-electron chi connectivity index (χ2n) is 14.1. The van der Waals surface area contributed by atoms with Crippen LogP contribution in [0.1, 0.15) is 92.4 Å². The van der Waals surface area contributed by atoms with E-state index >= 15 is 0 Å². The molecule has 0 aromatic heterocycles. The van der Waals surface area contributed by atoms with Crippen molar-refractivity contribution >= 4 is 35.4 Å². The molecular formula is C32H50N6O6. The average molecular weight is 615 g/mol. The van der Waals surface area contributed by atoms with Crippen LogP contribution in [0, 0.1) is 35.5 Å². The van der Waals surface area contributed by atoms with E-state index in [-0.39, 0.29) is 36.8 Å². The van der Waals surface area contributed by atoms with Gasteiger partial charge in [0.05, 0.1) is 12.6 Å². The fraction of sp³-hybridized carbons (Fsp3) is 0.750. The summed E-state index contributed by atoms with van der Waals surface area (Å²) in [4.78, 5) is 80.4. The zero-order valence-corrected chi connectivity index (χ0v) is 26.8. The van der Waals surface area contributed by atoms with E-state index in [1.54, 1.807) is 0 Å². The summed E-state index contributed by atoms with van der Waals surface area (Å²) < 4.78 is 0. The van der Waals surface area contributed by atoms with Gasteiger partial charge in [-0.05, 0) is 48.9 Å². The summed E-state index contributed by atoms with van der Waals surface area (Å²) in [6.07, 6.45) is 11.4. The van der Waals surface area contributed by atoms with Crippen molar-refractivity contribution in [1.82, 2.24) is 26.2 Å². The minimum absolute atomic E-state index is 0.0364. The molecule has 0 spiro atoms. The van der Waals surface area contributed by atoms with Crippen LogP contribution in [0.15, 0.2) is 0 Å². The van der Waals surface area contributed by atoms with Gasteiger partial charge in [0.15, 0.2) is 0 Å². The molecule has 1 heterocycles. The van der Waals surface area contributed by atoms with Gasteiger partial charge in [-0.2, -0.15) is 0 Å². The third-order valence-corrected chi connectivity index (χ3v) is 9.23. The fourth-order valence-corrected chi connectivity index (χ4v) is 6.51. The molecule has 2 aliphatic carbocycles. The monoisotopic (exact) mass is 614 g/mol. The molecule has 1 saturated heterocycles. The van der Waals surface area contributed by atoms with E-state index in [1.165, 1.54) is 4.90 Å². The number of nitrogens with two attached hydrogens (primary N) is 1. The Labute approximate surface area is 260 Å². The summed E-state index contributed by atoms with van der Waals surface area (Å²) in [5, 5.41) is 11.1. The number of nitrogens with zero attached hydrogens (tertiary/aromatic N) is 1. The van der Waals surface area contributed by atoms with Crippen molar-refractivity contribution in [3.8, 4) is 12.3 Å². The standard InChI is InChI=1S/C32H50N6O6/c1-7-16-34-29(43)32(14-9-8-10-15-32)37-30(44)36-25(31(4,5)6)28(42)38-17-13-21(19(2)3)23(38)27(41)35-22(18-20-11-12-20)24(39)26(33)40/h1,19-23,25H,8-18H2,2-6H3,(H2,33,40)(H,34,43)(H,35,41)(H2,36,37,44)/t21?,22?,23-,25+/m0/s1. The van der Waals surface area contributed by atoms with Gasteiger partial charge in [0, 0.05) is 6.54 Å². The molecule has 2 unspecified atom stereocenters. The van der Waals surface area contributed by atoms with Crippen molar-refractivity contribution in [1.29, 1.82) is 0 Å². The third-order valence-electron chi connectivity index (χ3n) is 9.23. The number of ketones is 1. The summed E-state index contributed by atoms with van der Waals surface area (Å²) in [6.45, 7) is 9.70. The summed E-state index contributed by atoms with van der Waals surface area (Å²) in [5.41, 5.74) is 3.38. The summed E-state index contributed by atoms with van der Waals surface area (Å²) in [5.74, 6) is -0.820. The predicted octanol–water partition coefficient (Wildman–Crippen LogP) is 1.37. The lowest BCUT2D eigenvalue weighted by Gasteiger charge is -2.39. The highest BCUT2D eigenvalue weighted by molar-refractivity contribution is 6.37. The van der Waals surface area contributed by atoms with Crippen LogP contribution in [0.3, 0.4) is 0 Å². The van der Waals surface area contributed by atoms with E-state index in [0.29, 0.717) is 25.7 Å². The number of hydrogen-bond acceptors (Lipinski definition) is 6. The Morgan fingerprint density at radius 1 is 1.00 bits per heavy atom. The van der Waals surface area contributed by atoms with Crippen molar-refractivity contribution < 1.29 is 28.8 Å². The molecule has 244 valence electrons. The molecule has 0 aromatic carbocycles. The zero-order chi connectivity index (χ0) is 32.8. The predicted molar refractivity (Wildman–Crippen MR) is 164 cm³/mol. The second-order valence-corrected chi connectivity index (χ2v) is 14.1. The number of primary amides is 1. The van der Waals surface area contributed by atoms with Gasteiger partial charge in [-0.3, -0.25) is 24.0 Å². The lowest BCUT2D eigenvalue weighted by atomic mass is 9.80. The number of Topliss-reactive ketones (excluding diaryl/α,β-unsaturated/α-hetero) is 1. The number of carbonyl (C=O) groups excluding carboxylic acids is 6. The largest absolute Gasteiger partial charge is 0.363 e. The summed E-state index contributed by atoms with van der Waals surface area (Å²) in [6, 6.07) is -3.65. The molecule has 12 nitrogen and oxygen atoms in total. The maximum Gasteiger partial charge on any atom is 0.316 e. The smallest absolute Gasteiger partial charge is 0.316 e. The van der Waals surface area contributed by atoms with Gasteiger partial charge < -0.3 is 31.9 Å². The van der Waals surface area contributed by atoms with Gasteiger partial charge in [-0.25, -0.2) is 4.79 Å². The maximum atomic E-state index is 14.2. The zero-order valence-electron chi connectivity index (χ0n) is 26.8. The first-order chi connectivity index (χ1) is 20.6. The molecule has 0 aromatic rings. The quantitative estimate of drug-likeness (QED) is 0.164. The van der Waals surface area contributed by atoms with Crippen molar-refractivity contribution in [3.63, 3.8) is 0 Å². The van der Waals surface area contributed by atoms with Gasteiger partial charge in [0.1, 0.15) is 17.6 Å². The first-order valence-electron chi connectivity index (χ1n) is 15.9. The van der Waals surface area contributed by atoms with Crippen molar-refractivity contribution in [2.75, 3.05) is 13.1 Å². The Hall–Kier alpha value is -3.62. The number of likely N-dealkylation sites (tertiary alicyclic amines) is 1. The topological polar surface area (TPSA) is 180 Å². The highest BCUT2D eigenvalue weighted by Crippen LogP contribution is 2.36. The Morgan fingerprint density at radius 2 is 1.64 bits per heavy atom. The minimum Gasteiger partial charge on any atom is -0.363 e. The van der Waals surface area contributed by atoms with Crippen LogP contribution in [-0.4, -0.2) is 77.1 Å². The van der Waals surface area contributed by atoms with E-state index in [2.05, 4.69) is 27.2 Å². The van der Waals surface area contributed by atoms with Crippen molar-refractivity contribution in [3.05, 3.63) is 0 Å². The van der Waals surface area contributed by atoms with E-state index in [9.17, 15) is 28.8 Å². The summed E-state index contributed by atoms with van der Waals surface area (Å²) in [7, 11) is 0. The van der Waals surface area contributed by atoms with E-state index in [4.69, 9.17) is 12.2 Å². The minimum atomic E-state index is -1.15. The van der Waals surface area contributed by atoms with Crippen LogP contribution in [0.4, 0.5) is 4.79 Å². The Morgan fingerprint density at radius 3 is 2.16 bits per heavy atom. The van der Waals surface area contributed by atoms with Gasteiger partial charge in [-0.1, -0.05) is 72.6 Å². The number of carbonyl (C=O) groups is 6. The van der Waals surface area contributed by atoms with Gasteiger partial charge >= 0.3 is 6.03 Å². The molecule has 3 rings (SSSR count). The van der Waals surface area contributed by atoms with Crippen molar-refractivity contribution in [2.45, 2.75) is 116 Å². The normalized spacial score (nSPS) is 22.7. The van der Waals surface area contributed by atoms with E-state index < -0.39 is 58.6 Å². The van der Waals surface area contributed by atoms with E-state index in [0.717, 1.165) is 32.1 Å². The molecule has 0 radical (unpaired) electrons. The van der Waals surface area contributed by atoms with Gasteiger partial charge in [-0.15, -0.1) is 6.42 Å². The van der Waals surface area contributed by atoms with Gasteiger partial charge in [0.25, 0.3) is 5.91 Å². The SMILES string of the molecule is C#CCNC(=O)C1(NC(=O)N[C@H](C(=O)N2CCC(C(C)C)[C@H]2C(=O)NC(CC2CC2)C(=O)C(N)=O)C(C)(C)C)CCCCC1. The Bertz CT molecular complexity index is 1160. The highest BCUT2D eigenvalue weighted by Gasteiger charge is 2.49. The molecule has 1 aliphatic heterocycles. The van der Waals surface area contributed by atoms with Crippen LogP contribution >= 0.6 is 0 Å². The first kappa shape index (κ1) is 34.9. The molecule has 3 fully saturated rings. The third kappa shape index (κ3) is 8.51. The van der Waals surface area contributed by atoms with Crippen LogP contribution in [-0.2, 0) is 24.0 Å². The van der Waals surface area contributed by atoms with Crippen molar-refractivity contribution in [2.24, 2.45) is 28.9 Å². The number of amides is 6. The molecule has 4 atom stereocenters. The number of terminal acetylenes is 1. The molecular weight excluding hydrogens is 564 g/mol. The molecule has 3 aliphatic rings. The summed E-state index contributed by atoms with van der Waals surface area (Å²) >= 11 is 0. The van der Waals surface area contributed by atoms with E-state index in [1.807, 2.05) is 34.6 Å². The molecule has 6 N–H and O–H groups in total. The van der Waals surface area contributed by atoms with Crippen LogP contribution in [0.25, 0.3) is 0 Å².